The number of hydrogen-bond donors (Lipinski definition) is 4. The molecule has 0 fully saturated rings. The normalized spacial score (nSPS) is 16.1. The Bertz CT molecular complexity index is 756. The third kappa shape index (κ3) is 13.7. The summed E-state index contributed by atoms with van der Waals surface area (Å²) in [6, 6.07) is -2.60. The van der Waals surface area contributed by atoms with E-state index in [1.165, 1.54) is 0 Å². The molecular formula is C27H51N3O7. The third-order valence-corrected chi connectivity index (χ3v) is 5.78. The molecule has 0 spiro atoms. The highest BCUT2D eigenvalue weighted by molar-refractivity contribution is 5.92. The molecule has 0 aromatic heterocycles. The van der Waals surface area contributed by atoms with Gasteiger partial charge in [-0.25, -0.2) is 4.79 Å². The van der Waals surface area contributed by atoms with Crippen molar-refractivity contribution in [3.63, 3.8) is 0 Å². The predicted octanol–water partition coefficient (Wildman–Crippen LogP) is 3.30. The minimum absolute atomic E-state index is 0.127. The molecule has 0 heterocycles. The standard InChI is InChI=1S/C27H51N3O7/c1-12-17(5)21(23(33)28-18(14-16(3)4)19(31)15-20(32)36-13-2)29-24(34)22(26(6,7)8)30-25(35)37-27(9,10)11/h16-19,21-22,31H,12-15H2,1-11H3,(H,28,33)(H,29,34)(H,30,35)/t17?,18-,19?,21-,22+/m0/s1. The number of aliphatic hydroxyl groups is 1. The van der Waals surface area contributed by atoms with E-state index >= 15 is 0 Å². The van der Waals surface area contributed by atoms with Crippen molar-refractivity contribution in [1.82, 2.24) is 16.0 Å². The van der Waals surface area contributed by atoms with Crippen LogP contribution in [-0.4, -0.2) is 65.4 Å². The number of carbonyl (C=O) groups excluding carboxylic acids is 4. The Morgan fingerprint density at radius 1 is 0.865 bits per heavy atom. The number of nitrogens with one attached hydrogen (secondary N) is 3. The van der Waals surface area contributed by atoms with Crippen LogP contribution in [0.3, 0.4) is 0 Å². The zero-order valence-corrected chi connectivity index (χ0v) is 24.7. The molecule has 3 amide bonds. The minimum atomic E-state index is -1.14. The smallest absolute Gasteiger partial charge is 0.408 e. The van der Waals surface area contributed by atoms with E-state index in [1.807, 2.05) is 27.7 Å². The third-order valence-electron chi connectivity index (χ3n) is 5.78. The van der Waals surface area contributed by atoms with Gasteiger partial charge in [0.05, 0.1) is 25.2 Å². The molecule has 0 bridgehead atoms. The van der Waals surface area contributed by atoms with Gasteiger partial charge in [0.15, 0.2) is 0 Å². The fourth-order valence-electron chi connectivity index (χ4n) is 3.66. The highest BCUT2D eigenvalue weighted by atomic mass is 16.6. The molecule has 0 aliphatic rings. The van der Waals surface area contributed by atoms with Gasteiger partial charge < -0.3 is 30.5 Å². The van der Waals surface area contributed by atoms with Gasteiger partial charge in [0.1, 0.15) is 17.7 Å². The molecule has 10 heteroatoms. The van der Waals surface area contributed by atoms with Gasteiger partial charge in [-0.3, -0.25) is 14.4 Å². The average molecular weight is 530 g/mol. The van der Waals surface area contributed by atoms with Gasteiger partial charge in [0.25, 0.3) is 0 Å². The van der Waals surface area contributed by atoms with Gasteiger partial charge in [0, 0.05) is 0 Å². The van der Waals surface area contributed by atoms with Gasteiger partial charge in [-0.05, 0) is 51.4 Å². The molecule has 0 aliphatic carbocycles. The van der Waals surface area contributed by atoms with Crippen molar-refractivity contribution in [2.75, 3.05) is 6.61 Å². The fourth-order valence-corrected chi connectivity index (χ4v) is 3.66. The van der Waals surface area contributed by atoms with Gasteiger partial charge in [-0.15, -0.1) is 0 Å². The van der Waals surface area contributed by atoms with Crippen LogP contribution in [0.5, 0.6) is 0 Å². The lowest BCUT2D eigenvalue weighted by Gasteiger charge is -2.34. The van der Waals surface area contributed by atoms with E-state index in [9.17, 15) is 24.3 Å². The SMILES string of the molecule is CCOC(=O)CC(O)[C@H](CC(C)C)NC(=O)[C@@H](NC(=O)[C@@H](NC(=O)OC(C)(C)C)C(C)(C)C)C(C)CC. The fraction of sp³-hybridized carbons (Fsp3) is 0.852. The molecule has 0 saturated carbocycles. The van der Waals surface area contributed by atoms with Crippen LogP contribution in [0.2, 0.25) is 0 Å². The lowest BCUT2D eigenvalue weighted by atomic mass is 9.85. The Morgan fingerprint density at radius 3 is 1.86 bits per heavy atom. The first-order chi connectivity index (χ1) is 16.8. The Hall–Kier alpha value is -2.36. The summed E-state index contributed by atoms with van der Waals surface area (Å²) in [6.45, 7) is 20.1. The molecule has 0 aromatic carbocycles. The largest absolute Gasteiger partial charge is 0.466 e. The topological polar surface area (TPSA) is 143 Å². The minimum Gasteiger partial charge on any atom is -0.466 e. The molecule has 2 unspecified atom stereocenters. The predicted molar refractivity (Wildman–Crippen MR) is 143 cm³/mol. The quantitative estimate of drug-likeness (QED) is 0.268. The molecular weight excluding hydrogens is 478 g/mol. The summed E-state index contributed by atoms with van der Waals surface area (Å²) in [5, 5.41) is 19.0. The van der Waals surface area contributed by atoms with Gasteiger partial charge >= 0.3 is 12.1 Å². The van der Waals surface area contributed by atoms with Gasteiger partial charge in [-0.1, -0.05) is 54.9 Å². The van der Waals surface area contributed by atoms with Crippen LogP contribution in [0.15, 0.2) is 0 Å². The second-order valence-electron chi connectivity index (χ2n) is 12.1. The summed E-state index contributed by atoms with van der Waals surface area (Å²) in [5.41, 5.74) is -1.41. The maximum atomic E-state index is 13.4. The monoisotopic (exact) mass is 529 g/mol. The summed E-state index contributed by atoms with van der Waals surface area (Å²) in [5.74, 6) is -1.66. The molecule has 37 heavy (non-hydrogen) atoms. The number of aliphatic hydroxyl groups excluding tert-OH is 1. The molecule has 4 N–H and O–H groups in total. The van der Waals surface area contributed by atoms with Crippen LogP contribution in [0, 0.1) is 17.3 Å². The molecule has 5 atom stereocenters. The Labute approximate surface area is 223 Å². The first-order valence-corrected chi connectivity index (χ1v) is 13.3. The summed E-state index contributed by atoms with van der Waals surface area (Å²) >= 11 is 0. The number of alkyl carbamates (subject to hydrolysis) is 1. The maximum Gasteiger partial charge on any atom is 0.408 e. The van der Waals surface area contributed by atoms with Crippen molar-refractivity contribution in [1.29, 1.82) is 0 Å². The Morgan fingerprint density at radius 2 is 1.43 bits per heavy atom. The summed E-state index contributed by atoms with van der Waals surface area (Å²) in [6.07, 6.45) is -1.10. The van der Waals surface area contributed by atoms with Crippen molar-refractivity contribution in [2.24, 2.45) is 17.3 Å². The van der Waals surface area contributed by atoms with E-state index in [-0.39, 0.29) is 24.9 Å². The van der Waals surface area contributed by atoms with E-state index in [4.69, 9.17) is 9.47 Å². The van der Waals surface area contributed by atoms with E-state index in [0.29, 0.717) is 12.8 Å². The maximum absolute atomic E-state index is 13.4. The van der Waals surface area contributed by atoms with E-state index < -0.39 is 59.1 Å². The average Bonchev–Trinajstić information content (AvgIpc) is 2.72. The second kappa shape index (κ2) is 15.1. The number of hydrogen-bond acceptors (Lipinski definition) is 7. The first kappa shape index (κ1) is 34.6. The number of rotatable bonds is 13. The Kier molecular flexibility index (Phi) is 14.2. The summed E-state index contributed by atoms with van der Waals surface area (Å²) in [4.78, 5) is 51.1. The van der Waals surface area contributed by atoms with Crippen LogP contribution in [0.25, 0.3) is 0 Å². The highest BCUT2D eigenvalue weighted by Gasteiger charge is 2.38. The van der Waals surface area contributed by atoms with E-state index in [0.717, 1.165) is 0 Å². The summed E-state index contributed by atoms with van der Waals surface area (Å²) < 4.78 is 10.3. The zero-order valence-electron chi connectivity index (χ0n) is 24.7. The first-order valence-electron chi connectivity index (χ1n) is 13.3. The molecule has 0 radical (unpaired) electrons. The van der Waals surface area contributed by atoms with Gasteiger partial charge in [0.2, 0.25) is 11.8 Å². The molecule has 0 saturated heterocycles. The molecule has 0 aliphatic heterocycles. The van der Waals surface area contributed by atoms with Crippen molar-refractivity contribution < 1.29 is 33.8 Å². The second-order valence-corrected chi connectivity index (χ2v) is 12.1. The van der Waals surface area contributed by atoms with E-state index in [2.05, 4.69) is 16.0 Å². The van der Waals surface area contributed by atoms with E-state index in [1.54, 1.807) is 48.5 Å². The van der Waals surface area contributed by atoms with Crippen molar-refractivity contribution in [3.8, 4) is 0 Å². The number of amides is 3. The number of esters is 1. The lowest BCUT2D eigenvalue weighted by Crippen LogP contribution is -2.60. The molecule has 216 valence electrons. The molecule has 10 nitrogen and oxygen atoms in total. The zero-order chi connectivity index (χ0) is 29.1. The molecule has 0 aromatic rings. The Balaban J connectivity index is 5.79. The number of ether oxygens (including phenoxy) is 2. The van der Waals surface area contributed by atoms with Crippen LogP contribution in [0.1, 0.15) is 95.4 Å². The molecule has 0 rings (SSSR count). The van der Waals surface area contributed by atoms with Crippen molar-refractivity contribution >= 4 is 23.9 Å². The highest BCUT2D eigenvalue weighted by Crippen LogP contribution is 2.21. The van der Waals surface area contributed by atoms with Crippen LogP contribution in [-0.2, 0) is 23.9 Å². The van der Waals surface area contributed by atoms with Crippen molar-refractivity contribution in [2.45, 2.75) is 125 Å². The van der Waals surface area contributed by atoms with Crippen LogP contribution >= 0.6 is 0 Å². The van der Waals surface area contributed by atoms with Gasteiger partial charge in [-0.2, -0.15) is 0 Å². The van der Waals surface area contributed by atoms with Crippen molar-refractivity contribution in [3.05, 3.63) is 0 Å². The van der Waals surface area contributed by atoms with Crippen LogP contribution < -0.4 is 16.0 Å². The summed E-state index contributed by atoms with van der Waals surface area (Å²) in [7, 11) is 0. The lowest BCUT2D eigenvalue weighted by molar-refractivity contribution is -0.146. The number of carbonyl (C=O) groups is 4. The van der Waals surface area contributed by atoms with Crippen LogP contribution in [0.4, 0.5) is 4.79 Å².